The van der Waals surface area contributed by atoms with Crippen molar-refractivity contribution in [1.82, 2.24) is 10.6 Å². The second kappa shape index (κ2) is 6.83. The molecule has 2 unspecified atom stereocenters. The first kappa shape index (κ1) is 14.3. The Labute approximate surface area is 106 Å². The van der Waals surface area contributed by atoms with Crippen molar-refractivity contribution in [2.75, 3.05) is 6.54 Å². The molecule has 7 nitrogen and oxygen atoms in total. The molecule has 5 N–H and O–H groups in total. The molecule has 0 aromatic heterocycles. The molecule has 2 atom stereocenters. The van der Waals surface area contributed by atoms with E-state index in [1.165, 1.54) is 0 Å². The van der Waals surface area contributed by atoms with E-state index in [1.54, 1.807) is 0 Å². The normalized spacial score (nSPS) is 22.2. The van der Waals surface area contributed by atoms with E-state index in [0.29, 0.717) is 25.8 Å². The number of carbonyl (C=O) groups is 2. The first-order valence-corrected chi connectivity index (χ1v) is 6.13. The summed E-state index contributed by atoms with van der Waals surface area (Å²) in [5, 5.41) is 17.0. The Balaban J connectivity index is 2.53. The molecule has 0 spiro atoms. The Hall–Kier alpha value is -1.79. The van der Waals surface area contributed by atoms with E-state index in [2.05, 4.69) is 15.8 Å². The lowest BCUT2D eigenvalue weighted by atomic mass is 10.00. The SMILES string of the molecule is CCCC(C(=O)NC1CCC(=O)NC1)C(N)=NO. The molecular weight excluding hydrogens is 236 g/mol. The number of carbonyl (C=O) groups excluding carboxylic acids is 2. The predicted molar refractivity (Wildman–Crippen MR) is 66.0 cm³/mol. The Kier molecular flexibility index (Phi) is 5.41. The monoisotopic (exact) mass is 256 g/mol. The van der Waals surface area contributed by atoms with Crippen molar-refractivity contribution in [1.29, 1.82) is 0 Å². The van der Waals surface area contributed by atoms with E-state index in [4.69, 9.17) is 10.9 Å². The summed E-state index contributed by atoms with van der Waals surface area (Å²) >= 11 is 0. The highest BCUT2D eigenvalue weighted by Crippen LogP contribution is 2.09. The summed E-state index contributed by atoms with van der Waals surface area (Å²) in [6.07, 6.45) is 2.32. The molecule has 0 bridgehead atoms. The standard InChI is InChI=1S/C11H20N4O3/c1-2-3-8(10(12)15-18)11(17)14-7-4-5-9(16)13-6-7/h7-8,18H,2-6H2,1H3,(H2,12,15)(H,13,16)(H,14,17). The second-order valence-corrected chi connectivity index (χ2v) is 4.41. The molecule has 1 saturated heterocycles. The number of piperidine rings is 1. The van der Waals surface area contributed by atoms with E-state index in [1.807, 2.05) is 6.92 Å². The van der Waals surface area contributed by atoms with Crippen LogP contribution in [0.4, 0.5) is 0 Å². The Morgan fingerprint density at radius 1 is 1.72 bits per heavy atom. The summed E-state index contributed by atoms with van der Waals surface area (Å²) in [5.74, 6) is -0.942. The van der Waals surface area contributed by atoms with Gasteiger partial charge in [-0.25, -0.2) is 0 Å². The summed E-state index contributed by atoms with van der Waals surface area (Å²) in [4.78, 5) is 23.0. The van der Waals surface area contributed by atoms with Crippen molar-refractivity contribution in [3.05, 3.63) is 0 Å². The van der Waals surface area contributed by atoms with Gasteiger partial charge in [-0.05, 0) is 12.8 Å². The lowest BCUT2D eigenvalue weighted by Crippen LogP contribution is -2.50. The molecule has 0 aromatic rings. The fourth-order valence-electron chi connectivity index (χ4n) is 1.93. The molecule has 0 radical (unpaired) electrons. The average molecular weight is 256 g/mol. The maximum Gasteiger partial charge on any atom is 0.231 e. The maximum atomic E-state index is 12.0. The summed E-state index contributed by atoms with van der Waals surface area (Å²) < 4.78 is 0. The van der Waals surface area contributed by atoms with Crippen LogP contribution < -0.4 is 16.4 Å². The van der Waals surface area contributed by atoms with Gasteiger partial charge in [0.05, 0.1) is 5.92 Å². The Morgan fingerprint density at radius 2 is 2.44 bits per heavy atom. The number of nitrogens with one attached hydrogen (secondary N) is 2. The zero-order valence-electron chi connectivity index (χ0n) is 10.5. The number of amidine groups is 1. The average Bonchev–Trinajstić information content (AvgIpc) is 2.37. The van der Waals surface area contributed by atoms with E-state index in [-0.39, 0.29) is 23.7 Å². The second-order valence-electron chi connectivity index (χ2n) is 4.41. The van der Waals surface area contributed by atoms with Gasteiger partial charge < -0.3 is 21.6 Å². The van der Waals surface area contributed by atoms with Crippen LogP contribution in [0.25, 0.3) is 0 Å². The van der Waals surface area contributed by atoms with Crippen LogP contribution in [0.1, 0.15) is 32.6 Å². The number of hydrogen-bond acceptors (Lipinski definition) is 4. The highest BCUT2D eigenvalue weighted by Gasteiger charge is 2.26. The molecule has 18 heavy (non-hydrogen) atoms. The molecule has 7 heteroatoms. The Morgan fingerprint density at radius 3 is 2.94 bits per heavy atom. The number of hydrogen-bond donors (Lipinski definition) is 4. The van der Waals surface area contributed by atoms with Crippen LogP contribution in [0.15, 0.2) is 5.16 Å². The smallest absolute Gasteiger partial charge is 0.231 e. The lowest BCUT2D eigenvalue weighted by Gasteiger charge is -2.25. The number of oxime groups is 1. The quantitative estimate of drug-likeness (QED) is 0.230. The molecule has 1 aliphatic heterocycles. The van der Waals surface area contributed by atoms with Gasteiger partial charge >= 0.3 is 0 Å². The number of rotatable bonds is 5. The third kappa shape index (κ3) is 3.90. The van der Waals surface area contributed by atoms with Gasteiger partial charge in [-0.3, -0.25) is 9.59 Å². The van der Waals surface area contributed by atoms with Crippen molar-refractivity contribution in [3.8, 4) is 0 Å². The van der Waals surface area contributed by atoms with Gasteiger partial charge in [0.15, 0.2) is 5.84 Å². The fraction of sp³-hybridized carbons (Fsp3) is 0.727. The van der Waals surface area contributed by atoms with E-state index < -0.39 is 5.92 Å². The van der Waals surface area contributed by atoms with Crippen molar-refractivity contribution in [3.63, 3.8) is 0 Å². The van der Waals surface area contributed by atoms with Gasteiger partial charge in [-0.1, -0.05) is 18.5 Å². The van der Waals surface area contributed by atoms with Crippen LogP contribution in [0.2, 0.25) is 0 Å². The third-order valence-corrected chi connectivity index (χ3v) is 2.98. The molecule has 1 rings (SSSR count). The van der Waals surface area contributed by atoms with E-state index >= 15 is 0 Å². The summed E-state index contributed by atoms with van der Waals surface area (Å²) in [6, 6.07) is -0.0824. The molecule has 1 fully saturated rings. The van der Waals surface area contributed by atoms with Crippen molar-refractivity contribution >= 4 is 17.6 Å². The van der Waals surface area contributed by atoms with Gasteiger partial charge in [0, 0.05) is 19.0 Å². The maximum absolute atomic E-state index is 12.0. The number of nitrogens with zero attached hydrogens (tertiary/aromatic N) is 1. The first-order chi connectivity index (χ1) is 8.58. The molecule has 1 aliphatic rings. The molecule has 2 amide bonds. The summed E-state index contributed by atoms with van der Waals surface area (Å²) in [7, 11) is 0. The number of nitrogens with two attached hydrogens (primary N) is 1. The van der Waals surface area contributed by atoms with Gasteiger partial charge in [-0.15, -0.1) is 0 Å². The highest BCUT2D eigenvalue weighted by atomic mass is 16.4. The zero-order valence-corrected chi connectivity index (χ0v) is 10.5. The van der Waals surface area contributed by atoms with Gasteiger partial charge in [0.1, 0.15) is 0 Å². The minimum atomic E-state index is -0.613. The third-order valence-electron chi connectivity index (χ3n) is 2.98. The van der Waals surface area contributed by atoms with Crippen LogP contribution in [0.5, 0.6) is 0 Å². The van der Waals surface area contributed by atoms with Crippen LogP contribution >= 0.6 is 0 Å². The van der Waals surface area contributed by atoms with Crippen LogP contribution in [-0.2, 0) is 9.59 Å². The van der Waals surface area contributed by atoms with Crippen LogP contribution in [-0.4, -0.2) is 35.4 Å². The topological polar surface area (TPSA) is 117 Å². The molecular formula is C11H20N4O3. The zero-order chi connectivity index (χ0) is 13.5. The van der Waals surface area contributed by atoms with Crippen LogP contribution in [0.3, 0.4) is 0 Å². The minimum Gasteiger partial charge on any atom is -0.409 e. The fourth-order valence-corrected chi connectivity index (χ4v) is 1.93. The molecule has 102 valence electrons. The molecule has 0 saturated carbocycles. The largest absolute Gasteiger partial charge is 0.409 e. The minimum absolute atomic E-state index is 0.00189. The summed E-state index contributed by atoms with van der Waals surface area (Å²) in [6.45, 7) is 2.35. The van der Waals surface area contributed by atoms with E-state index in [0.717, 1.165) is 6.42 Å². The van der Waals surface area contributed by atoms with E-state index in [9.17, 15) is 9.59 Å². The van der Waals surface area contributed by atoms with Crippen molar-refractivity contribution in [2.45, 2.75) is 38.6 Å². The summed E-state index contributed by atoms with van der Waals surface area (Å²) in [5.41, 5.74) is 5.50. The van der Waals surface area contributed by atoms with Crippen molar-refractivity contribution in [2.24, 2.45) is 16.8 Å². The van der Waals surface area contributed by atoms with Gasteiger partial charge in [0.25, 0.3) is 0 Å². The predicted octanol–water partition coefficient (Wildman–Crippen LogP) is -0.456. The molecule has 1 heterocycles. The first-order valence-electron chi connectivity index (χ1n) is 6.13. The van der Waals surface area contributed by atoms with Crippen LogP contribution in [0, 0.1) is 5.92 Å². The van der Waals surface area contributed by atoms with Gasteiger partial charge in [0.2, 0.25) is 11.8 Å². The van der Waals surface area contributed by atoms with Crippen molar-refractivity contribution < 1.29 is 14.8 Å². The van der Waals surface area contributed by atoms with Gasteiger partial charge in [-0.2, -0.15) is 0 Å². The number of amides is 2. The Bertz CT molecular complexity index is 333. The molecule has 0 aliphatic carbocycles. The highest BCUT2D eigenvalue weighted by molar-refractivity contribution is 6.02. The molecule has 0 aromatic carbocycles. The lowest BCUT2D eigenvalue weighted by molar-refractivity contribution is -0.126.